The summed E-state index contributed by atoms with van der Waals surface area (Å²) in [6, 6.07) is 1.67. The summed E-state index contributed by atoms with van der Waals surface area (Å²) in [5, 5.41) is 30.4. The molecule has 0 unspecified atom stereocenters. The minimum Gasteiger partial charge on any atom is -0.258 e. The predicted octanol–water partition coefficient (Wildman–Crippen LogP) is 1.42. The molecule has 0 aromatic heterocycles. The van der Waals surface area contributed by atoms with E-state index in [0.717, 1.165) is 12.1 Å². The van der Waals surface area contributed by atoms with Gasteiger partial charge in [-0.05, 0) is 6.92 Å². The minimum absolute atomic E-state index is 0.0515. The van der Waals surface area contributed by atoms with E-state index < -0.39 is 31.9 Å². The molecular weight excluding hydrogens is 236 g/mol. The van der Waals surface area contributed by atoms with Crippen LogP contribution in [0.15, 0.2) is 12.1 Å². The van der Waals surface area contributed by atoms with Crippen LogP contribution in [0.1, 0.15) is 5.56 Å². The highest BCUT2D eigenvalue weighted by molar-refractivity contribution is 5.67. The molecule has 0 bridgehead atoms. The van der Waals surface area contributed by atoms with Gasteiger partial charge in [0.2, 0.25) is 0 Å². The van der Waals surface area contributed by atoms with E-state index in [2.05, 4.69) is 0 Å². The van der Waals surface area contributed by atoms with Crippen LogP contribution in [0.25, 0.3) is 0 Å². The topological polar surface area (TPSA) is 141 Å². The molecule has 0 saturated heterocycles. The highest BCUT2D eigenvalue weighted by Gasteiger charge is 2.24. The summed E-state index contributed by atoms with van der Waals surface area (Å²) in [5.74, 6) is 0. The fourth-order valence-electron chi connectivity index (χ4n) is 1.22. The number of nitrogens with zero attached hydrogens (tertiary/aromatic N) is 3. The molecule has 10 nitrogen and oxygen atoms in total. The van der Waals surface area contributed by atoms with Gasteiger partial charge in [0.05, 0.1) is 15.9 Å². The third-order valence-corrected chi connectivity index (χ3v) is 1.92. The lowest BCUT2D eigenvalue weighted by Gasteiger charge is -2.02. The molecule has 0 atom stereocenters. The SMILES string of the molecule is Cc1cc([N+](=O)[O-])c(N[N+](=O)[O-])cc1[N+](=O)[O-]. The standard InChI is InChI=1S/C7H6N4O6/c1-4-2-7(10(14)15)5(8-11(16)17)3-6(4)9(12)13/h2-3,8H,1H3. The summed E-state index contributed by atoms with van der Waals surface area (Å²) in [5.41, 5.74) is 0.0511. The van der Waals surface area contributed by atoms with Crippen molar-refractivity contribution in [2.45, 2.75) is 6.92 Å². The molecule has 0 heterocycles. The van der Waals surface area contributed by atoms with Gasteiger partial charge >= 0.3 is 0 Å². The zero-order chi connectivity index (χ0) is 13.2. The third kappa shape index (κ3) is 2.62. The molecule has 90 valence electrons. The van der Waals surface area contributed by atoms with Crippen LogP contribution in [0.2, 0.25) is 0 Å². The number of nitro benzene ring substituents is 2. The molecule has 0 aliphatic heterocycles. The summed E-state index contributed by atoms with van der Waals surface area (Å²) in [6.07, 6.45) is 0. The Morgan fingerprint density at radius 3 is 1.94 bits per heavy atom. The Bertz CT molecular complexity index is 513. The predicted molar refractivity (Wildman–Crippen MR) is 55.1 cm³/mol. The van der Waals surface area contributed by atoms with E-state index in [1.807, 2.05) is 0 Å². The first-order valence-electron chi connectivity index (χ1n) is 4.17. The molecule has 1 rings (SSSR count). The molecule has 1 aromatic rings. The van der Waals surface area contributed by atoms with Gasteiger partial charge in [-0.1, -0.05) is 0 Å². The quantitative estimate of drug-likeness (QED) is 0.621. The van der Waals surface area contributed by atoms with Crippen molar-refractivity contribution in [3.05, 3.63) is 48.0 Å². The molecule has 0 fully saturated rings. The molecule has 1 aromatic carbocycles. The Morgan fingerprint density at radius 2 is 1.53 bits per heavy atom. The molecule has 0 amide bonds. The van der Waals surface area contributed by atoms with Gasteiger partial charge in [-0.2, -0.15) is 0 Å². The Morgan fingerprint density at radius 1 is 1.00 bits per heavy atom. The fourth-order valence-corrected chi connectivity index (χ4v) is 1.22. The molecule has 10 heteroatoms. The van der Waals surface area contributed by atoms with Crippen LogP contribution in [-0.2, 0) is 0 Å². The Labute approximate surface area is 93.3 Å². The van der Waals surface area contributed by atoms with E-state index >= 15 is 0 Å². The van der Waals surface area contributed by atoms with Crippen LogP contribution in [0, 0.1) is 37.3 Å². The molecule has 1 N–H and O–H groups in total. The van der Waals surface area contributed by atoms with Crippen molar-refractivity contribution in [3.8, 4) is 0 Å². The second-order valence-corrected chi connectivity index (χ2v) is 3.04. The van der Waals surface area contributed by atoms with Gasteiger partial charge < -0.3 is 0 Å². The second-order valence-electron chi connectivity index (χ2n) is 3.04. The first-order valence-corrected chi connectivity index (χ1v) is 4.17. The molecule has 17 heavy (non-hydrogen) atoms. The Balaban J connectivity index is 3.41. The van der Waals surface area contributed by atoms with Gasteiger partial charge in [-0.25, -0.2) is 10.1 Å². The lowest BCUT2D eigenvalue weighted by atomic mass is 10.1. The molecule has 0 saturated carbocycles. The van der Waals surface area contributed by atoms with Crippen molar-refractivity contribution < 1.29 is 14.9 Å². The normalized spacial score (nSPS) is 9.71. The van der Waals surface area contributed by atoms with Crippen molar-refractivity contribution >= 4 is 17.1 Å². The van der Waals surface area contributed by atoms with Crippen molar-refractivity contribution in [1.82, 2.24) is 0 Å². The van der Waals surface area contributed by atoms with Crippen molar-refractivity contribution in [1.29, 1.82) is 0 Å². The fraction of sp³-hybridized carbons (Fsp3) is 0.143. The largest absolute Gasteiger partial charge is 0.299 e. The Hall–Kier alpha value is -2.78. The molecule has 0 spiro atoms. The first-order chi connectivity index (χ1) is 7.82. The summed E-state index contributed by atoms with van der Waals surface area (Å²) in [4.78, 5) is 29.8. The van der Waals surface area contributed by atoms with Crippen LogP contribution < -0.4 is 5.43 Å². The number of anilines is 1. The molecule has 0 aliphatic carbocycles. The van der Waals surface area contributed by atoms with Crippen LogP contribution >= 0.6 is 0 Å². The van der Waals surface area contributed by atoms with Gasteiger partial charge in [0.1, 0.15) is 0 Å². The molecular formula is C7H6N4O6. The number of aryl methyl sites for hydroxylation is 1. The van der Waals surface area contributed by atoms with Crippen LogP contribution in [0.4, 0.5) is 17.1 Å². The van der Waals surface area contributed by atoms with Gasteiger partial charge in [0, 0.05) is 11.6 Å². The van der Waals surface area contributed by atoms with Crippen LogP contribution in [0.3, 0.4) is 0 Å². The maximum atomic E-state index is 10.6. The van der Waals surface area contributed by atoms with Gasteiger partial charge in [-0.15, -0.1) is 5.43 Å². The number of hydrogen-bond acceptors (Lipinski definition) is 6. The minimum atomic E-state index is -1.03. The zero-order valence-corrected chi connectivity index (χ0v) is 8.45. The Kier molecular flexibility index (Phi) is 3.17. The number of nitrogens with one attached hydrogen (secondary N) is 1. The molecule has 0 aliphatic rings. The zero-order valence-electron chi connectivity index (χ0n) is 8.45. The summed E-state index contributed by atoms with van der Waals surface area (Å²) >= 11 is 0. The van der Waals surface area contributed by atoms with Crippen molar-refractivity contribution in [2.75, 3.05) is 5.43 Å². The maximum Gasteiger partial charge on any atom is 0.299 e. The monoisotopic (exact) mass is 242 g/mol. The average Bonchev–Trinajstić information content (AvgIpc) is 2.18. The summed E-state index contributed by atoms with van der Waals surface area (Å²) in [6.45, 7) is 1.31. The molecule has 0 radical (unpaired) electrons. The van der Waals surface area contributed by atoms with E-state index in [0.29, 0.717) is 0 Å². The van der Waals surface area contributed by atoms with Crippen molar-refractivity contribution in [2.24, 2.45) is 0 Å². The average molecular weight is 242 g/mol. The second kappa shape index (κ2) is 4.38. The van der Waals surface area contributed by atoms with Gasteiger partial charge in [0.15, 0.2) is 10.7 Å². The number of nitro groups is 3. The van der Waals surface area contributed by atoms with E-state index in [4.69, 9.17) is 0 Å². The van der Waals surface area contributed by atoms with Crippen molar-refractivity contribution in [3.63, 3.8) is 0 Å². The maximum absolute atomic E-state index is 10.6. The van der Waals surface area contributed by atoms with E-state index in [9.17, 15) is 30.3 Å². The number of benzene rings is 1. The smallest absolute Gasteiger partial charge is 0.258 e. The van der Waals surface area contributed by atoms with Gasteiger partial charge in [-0.3, -0.25) is 20.2 Å². The third-order valence-electron chi connectivity index (χ3n) is 1.92. The number of hydrogen-bond donors (Lipinski definition) is 1. The van der Waals surface area contributed by atoms with E-state index in [-0.39, 0.29) is 5.56 Å². The summed E-state index contributed by atoms with van der Waals surface area (Å²) < 4.78 is 0. The number of rotatable bonds is 4. The first kappa shape index (κ1) is 12.3. The van der Waals surface area contributed by atoms with E-state index in [1.165, 1.54) is 6.92 Å². The number of hydrazine groups is 1. The van der Waals surface area contributed by atoms with Crippen LogP contribution in [0.5, 0.6) is 0 Å². The van der Waals surface area contributed by atoms with E-state index in [1.54, 1.807) is 5.43 Å². The summed E-state index contributed by atoms with van der Waals surface area (Å²) in [7, 11) is 0. The lowest BCUT2D eigenvalue weighted by Crippen LogP contribution is -2.10. The highest BCUT2D eigenvalue weighted by atomic mass is 16.7. The highest BCUT2D eigenvalue weighted by Crippen LogP contribution is 2.31. The van der Waals surface area contributed by atoms with Gasteiger partial charge in [0.25, 0.3) is 11.4 Å². The van der Waals surface area contributed by atoms with Crippen LogP contribution in [-0.4, -0.2) is 14.9 Å². The lowest BCUT2D eigenvalue weighted by molar-refractivity contribution is -0.447.